The van der Waals surface area contributed by atoms with Crippen LogP contribution in [0.15, 0.2) is 12.1 Å². The molecule has 1 heterocycles. The van der Waals surface area contributed by atoms with Gasteiger partial charge in [-0.1, -0.05) is 0 Å². The minimum Gasteiger partial charge on any atom is -0.432 e. The van der Waals surface area contributed by atoms with Crippen LogP contribution in [-0.2, 0) is 11.2 Å². The summed E-state index contributed by atoms with van der Waals surface area (Å²) in [5, 5.41) is 3.24. The average molecular weight is 259 g/mol. The third-order valence-electron chi connectivity index (χ3n) is 3.34. The highest BCUT2D eigenvalue weighted by molar-refractivity contribution is 5.43. The van der Waals surface area contributed by atoms with Crippen LogP contribution >= 0.6 is 0 Å². The molecular weight excluding hydrogens is 247 g/mol. The normalized spacial score (nSPS) is 26.0. The Hall–Kier alpha value is -1.27. The van der Waals surface area contributed by atoms with Gasteiger partial charge in [-0.15, -0.1) is 0 Å². The summed E-state index contributed by atoms with van der Waals surface area (Å²) in [6.45, 7) is -1.70. The molecule has 2 aliphatic rings. The van der Waals surface area contributed by atoms with E-state index in [1.165, 1.54) is 12.1 Å². The van der Waals surface area contributed by atoms with Crippen molar-refractivity contribution in [1.29, 1.82) is 0 Å². The second-order valence-corrected chi connectivity index (χ2v) is 4.41. The van der Waals surface area contributed by atoms with E-state index >= 15 is 0 Å². The fourth-order valence-corrected chi connectivity index (χ4v) is 2.62. The first-order valence-electron chi connectivity index (χ1n) is 5.77. The van der Waals surface area contributed by atoms with Gasteiger partial charge in [-0.25, -0.2) is 4.39 Å². The van der Waals surface area contributed by atoms with Crippen molar-refractivity contribution >= 4 is 0 Å². The minimum atomic E-state index is -3.02. The van der Waals surface area contributed by atoms with Gasteiger partial charge < -0.3 is 14.8 Å². The quantitative estimate of drug-likeness (QED) is 0.881. The molecule has 1 aliphatic heterocycles. The summed E-state index contributed by atoms with van der Waals surface area (Å²) in [7, 11) is 0. The number of nitrogens with one attached hydrogen (secondary N) is 1. The number of alkyl halides is 2. The van der Waals surface area contributed by atoms with Crippen molar-refractivity contribution in [3.8, 4) is 5.75 Å². The first kappa shape index (κ1) is 11.8. The molecule has 0 radical (unpaired) electrons. The number of hydrogen-bond donors (Lipinski definition) is 1. The molecule has 18 heavy (non-hydrogen) atoms. The lowest BCUT2D eigenvalue weighted by atomic mass is 10.1. The highest BCUT2D eigenvalue weighted by atomic mass is 19.3. The molecule has 0 bridgehead atoms. The van der Waals surface area contributed by atoms with Crippen molar-refractivity contribution in [3.05, 3.63) is 29.1 Å². The zero-order chi connectivity index (χ0) is 12.7. The fourth-order valence-electron chi connectivity index (χ4n) is 2.62. The Morgan fingerprint density at radius 3 is 3.00 bits per heavy atom. The molecule has 1 aromatic carbocycles. The topological polar surface area (TPSA) is 30.5 Å². The molecule has 3 nitrogen and oxygen atoms in total. The molecule has 3 rings (SSSR count). The first-order chi connectivity index (χ1) is 8.65. The van der Waals surface area contributed by atoms with E-state index in [0.717, 1.165) is 11.1 Å². The molecule has 2 atom stereocenters. The molecule has 1 saturated heterocycles. The largest absolute Gasteiger partial charge is 0.432 e. The summed E-state index contributed by atoms with van der Waals surface area (Å²) < 4.78 is 47.6. The Kier molecular flexibility index (Phi) is 2.91. The van der Waals surface area contributed by atoms with Crippen molar-refractivity contribution in [3.63, 3.8) is 0 Å². The van der Waals surface area contributed by atoms with Gasteiger partial charge in [0, 0.05) is 13.0 Å². The summed E-state index contributed by atoms with van der Waals surface area (Å²) in [5.74, 6) is -1.16. The van der Waals surface area contributed by atoms with Crippen molar-refractivity contribution in [1.82, 2.24) is 5.32 Å². The van der Waals surface area contributed by atoms with Crippen LogP contribution in [0.4, 0.5) is 13.2 Å². The van der Waals surface area contributed by atoms with Gasteiger partial charge in [0.2, 0.25) is 0 Å². The summed E-state index contributed by atoms with van der Waals surface area (Å²) in [5.41, 5.74) is 1.58. The Morgan fingerprint density at radius 2 is 2.22 bits per heavy atom. The van der Waals surface area contributed by atoms with E-state index in [0.29, 0.717) is 19.6 Å². The predicted octanol–water partition coefficient (Wildman–Crippen LogP) is 2.01. The Morgan fingerprint density at radius 1 is 1.39 bits per heavy atom. The van der Waals surface area contributed by atoms with Crippen LogP contribution in [0.1, 0.15) is 17.2 Å². The van der Waals surface area contributed by atoms with Gasteiger partial charge in [0.15, 0.2) is 11.6 Å². The molecule has 0 aromatic heterocycles. The molecule has 0 amide bonds. The minimum absolute atomic E-state index is 0.0463. The van der Waals surface area contributed by atoms with Crippen molar-refractivity contribution in [2.24, 2.45) is 0 Å². The SMILES string of the molecule is Fc1cc2c(cc1OC(F)F)C[C@H]1OCCN[C@@H]21. The van der Waals surface area contributed by atoms with Gasteiger partial charge >= 0.3 is 6.61 Å². The zero-order valence-electron chi connectivity index (χ0n) is 9.46. The van der Waals surface area contributed by atoms with Crippen LogP contribution in [-0.4, -0.2) is 25.9 Å². The van der Waals surface area contributed by atoms with Crippen LogP contribution < -0.4 is 10.1 Å². The van der Waals surface area contributed by atoms with Crippen molar-refractivity contribution < 1.29 is 22.6 Å². The van der Waals surface area contributed by atoms with E-state index in [9.17, 15) is 13.2 Å². The number of morpholine rings is 1. The number of rotatable bonds is 2. The zero-order valence-corrected chi connectivity index (χ0v) is 9.46. The van der Waals surface area contributed by atoms with E-state index in [2.05, 4.69) is 10.1 Å². The molecule has 98 valence electrons. The van der Waals surface area contributed by atoms with Crippen LogP contribution in [0.5, 0.6) is 5.75 Å². The van der Waals surface area contributed by atoms with Crippen LogP contribution in [0.2, 0.25) is 0 Å². The third-order valence-corrected chi connectivity index (χ3v) is 3.34. The van der Waals surface area contributed by atoms with Crippen molar-refractivity contribution in [2.45, 2.75) is 25.2 Å². The highest BCUT2D eigenvalue weighted by Gasteiger charge is 2.36. The van der Waals surface area contributed by atoms with Crippen molar-refractivity contribution in [2.75, 3.05) is 13.2 Å². The standard InChI is InChI=1S/C12H12F3NO2/c13-8-5-7-6(3-9(8)18-12(14)15)4-10-11(7)16-1-2-17-10/h3,5,10-12,16H,1-2,4H2/t10-,11+/m1/s1. The highest BCUT2D eigenvalue weighted by Crippen LogP contribution is 2.38. The Balaban J connectivity index is 1.93. The van der Waals surface area contributed by atoms with Crippen LogP contribution in [0, 0.1) is 5.82 Å². The second kappa shape index (κ2) is 4.44. The second-order valence-electron chi connectivity index (χ2n) is 4.41. The van der Waals surface area contributed by atoms with E-state index in [1.807, 2.05) is 0 Å². The van der Waals surface area contributed by atoms with Gasteiger partial charge in [0.25, 0.3) is 0 Å². The summed E-state index contributed by atoms with van der Waals surface area (Å²) in [6, 6.07) is 2.56. The number of benzene rings is 1. The van der Waals surface area contributed by atoms with E-state index in [4.69, 9.17) is 4.74 Å². The van der Waals surface area contributed by atoms with Crippen LogP contribution in [0.3, 0.4) is 0 Å². The number of hydrogen-bond acceptors (Lipinski definition) is 3. The lowest BCUT2D eigenvalue weighted by molar-refractivity contribution is -0.0522. The smallest absolute Gasteiger partial charge is 0.387 e. The third kappa shape index (κ3) is 1.95. The van der Waals surface area contributed by atoms with Gasteiger partial charge in [0.1, 0.15) is 0 Å². The summed E-state index contributed by atoms with van der Waals surface area (Å²) in [4.78, 5) is 0. The number of halogens is 3. The lowest BCUT2D eigenvalue weighted by Crippen LogP contribution is -2.39. The summed E-state index contributed by atoms with van der Waals surface area (Å²) in [6.07, 6.45) is 0.544. The molecule has 0 spiro atoms. The van der Waals surface area contributed by atoms with Gasteiger partial charge in [-0.05, 0) is 23.3 Å². The maximum Gasteiger partial charge on any atom is 0.387 e. The molecule has 0 saturated carbocycles. The van der Waals surface area contributed by atoms with Gasteiger partial charge in [-0.3, -0.25) is 0 Å². The average Bonchev–Trinajstić information content (AvgIpc) is 2.67. The number of ether oxygens (including phenoxy) is 2. The Bertz CT molecular complexity index is 467. The monoisotopic (exact) mass is 259 g/mol. The summed E-state index contributed by atoms with van der Waals surface area (Å²) >= 11 is 0. The molecule has 1 N–H and O–H groups in total. The molecular formula is C12H12F3NO2. The molecule has 0 unspecified atom stereocenters. The molecule has 6 heteroatoms. The Labute approximate surface area is 102 Å². The molecule has 1 aromatic rings. The molecule has 1 aliphatic carbocycles. The first-order valence-corrected chi connectivity index (χ1v) is 5.77. The number of fused-ring (bicyclic) bond motifs is 3. The predicted molar refractivity (Wildman–Crippen MR) is 57.2 cm³/mol. The lowest BCUT2D eigenvalue weighted by Gasteiger charge is -2.27. The van der Waals surface area contributed by atoms with E-state index in [-0.39, 0.29) is 12.1 Å². The maximum absolute atomic E-state index is 13.6. The maximum atomic E-state index is 13.6. The van der Waals surface area contributed by atoms with Crippen LogP contribution in [0.25, 0.3) is 0 Å². The fraction of sp³-hybridized carbons (Fsp3) is 0.500. The van der Waals surface area contributed by atoms with E-state index < -0.39 is 18.2 Å². The van der Waals surface area contributed by atoms with E-state index in [1.54, 1.807) is 0 Å². The molecule has 1 fully saturated rings. The van der Waals surface area contributed by atoms with Gasteiger partial charge in [-0.2, -0.15) is 8.78 Å². The van der Waals surface area contributed by atoms with Gasteiger partial charge in [0.05, 0.1) is 18.8 Å².